The Kier molecular flexibility index (Phi) is 5.92. The Balaban J connectivity index is 1.38. The molecule has 0 aliphatic carbocycles. The van der Waals surface area contributed by atoms with Gasteiger partial charge in [0.15, 0.2) is 0 Å². The third-order valence-corrected chi connectivity index (χ3v) is 6.76. The van der Waals surface area contributed by atoms with E-state index in [1.54, 1.807) is 0 Å². The van der Waals surface area contributed by atoms with Crippen LogP contribution in [-0.4, -0.2) is 30.5 Å². The van der Waals surface area contributed by atoms with Gasteiger partial charge >= 0.3 is 0 Å². The van der Waals surface area contributed by atoms with E-state index < -0.39 is 0 Å². The van der Waals surface area contributed by atoms with Crippen molar-refractivity contribution in [1.29, 1.82) is 0 Å². The summed E-state index contributed by atoms with van der Waals surface area (Å²) < 4.78 is 0. The third-order valence-electron chi connectivity index (χ3n) is 5.35. The lowest BCUT2D eigenvalue weighted by molar-refractivity contribution is 0.0959. The molecule has 7 heteroatoms. The fourth-order valence-electron chi connectivity index (χ4n) is 3.76. The Morgan fingerprint density at radius 3 is 2.79 bits per heavy atom. The second-order valence-corrected chi connectivity index (χ2v) is 8.90. The van der Waals surface area contributed by atoms with Gasteiger partial charge in [-0.15, -0.1) is 11.3 Å². The van der Waals surface area contributed by atoms with Gasteiger partial charge in [0.25, 0.3) is 5.91 Å². The van der Waals surface area contributed by atoms with Gasteiger partial charge in [0.05, 0.1) is 16.4 Å². The predicted molar refractivity (Wildman–Crippen MR) is 122 cm³/mol. The van der Waals surface area contributed by atoms with Gasteiger partial charge in [-0.1, -0.05) is 17.7 Å². The van der Waals surface area contributed by atoms with Gasteiger partial charge in [-0.2, -0.15) is 0 Å². The van der Waals surface area contributed by atoms with E-state index in [2.05, 4.69) is 27.3 Å². The molecule has 0 spiro atoms. The minimum Gasteiger partial charge on any atom is -0.397 e. The molecule has 2 aromatic heterocycles. The lowest BCUT2D eigenvalue weighted by Crippen LogP contribution is -2.29. The fourth-order valence-corrected chi connectivity index (χ4v) is 5.13. The van der Waals surface area contributed by atoms with Gasteiger partial charge in [-0.25, -0.2) is 4.98 Å². The number of aromatic nitrogens is 1. The zero-order chi connectivity index (χ0) is 20.4. The average molecular weight is 429 g/mol. The quantitative estimate of drug-likeness (QED) is 0.612. The molecule has 1 aliphatic rings. The van der Waals surface area contributed by atoms with Crippen LogP contribution in [0.2, 0.25) is 5.02 Å². The van der Waals surface area contributed by atoms with Crippen LogP contribution in [0.15, 0.2) is 30.3 Å². The van der Waals surface area contributed by atoms with Crippen LogP contribution in [0.1, 0.15) is 40.2 Å². The van der Waals surface area contributed by atoms with E-state index in [9.17, 15) is 4.79 Å². The monoisotopic (exact) mass is 428 g/mol. The molecule has 152 valence electrons. The first-order chi connectivity index (χ1) is 14.0. The van der Waals surface area contributed by atoms with E-state index in [4.69, 9.17) is 17.3 Å². The number of rotatable bonds is 5. The third kappa shape index (κ3) is 4.33. The van der Waals surface area contributed by atoms with E-state index in [1.165, 1.54) is 30.6 Å². The molecule has 0 radical (unpaired) electrons. The molecular formula is C22H25ClN4OS. The summed E-state index contributed by atoms with van der Waals surface area (Å²) in [4.78, 5) is 20.7. The molecule has 1 aliphatic heterocycles. The van der Waals surface area contributed by atoms with Crippen LogP contribution in [0.3, 0.4) is 0 Å². The molecule has 0 unspecified atom stereocenters. The number of nitrogens with zero attached hydrogens (tertiary/aromatic N) is 2. The van der Waals surface area contributed by atoms with Gasteiger partial charge in [-0.3, -0.25) is 4.79 Å². The van der Waals surface area contributed by atoms with E-state index >= 15 is 0 Å². The summed E-state index contributed by atoms with van der Waals surface area (Å²) in [7, 11) is 0. The van der Waals surface area contributed by atoms with Crippen molar-refractivity contribution in [1.82, 2.24) is 10.3 Å². The molecule has 1 aromatic carbocycles. The summed E-state index contributed by atoms with van der Waals surface area (Å²) in [5, 5.41) is 4.59. The van der Waals surface area contributed by atoms with Crippen molar-refractivity contribution in [3.8, 4) is 0 Å². The van der Waals surface area contributed by atoms with Crippen LogP contribution >= 0.6 is 22.9 Å². The van der Waals surface area contributed by atoms with Crippen LogP contribution in [0.25, 0.3) is 10.2 Å². The summed E-state index contributed by atoms with van der Waals surface area (Å²) in [6.07, 6.45) is 4.46. The van der Waals surface area contributed by atoms with Crippen molar-refractivity contribution in [2.45, 2.75) is 32.6 Å². The molecule has 3 heterocycles. The number of benzene rings is 1. The summed E-state index contributed by atoms with van der Waals surface area (Å²) in [5.41, 5.74) is 9.80. The van der Waals surface area contributed by atoms with Crippen molar-refractivity contribution in [3.05, 3.63) is 51.5 Å². The lowest BCUT2D eigenvalue weighted by Gasteiger charge is -2.29. The number of piperidine rings is 1. The SMILES string of the molecule is Cc1ccc2c(N)c(C(=O)NCCc3ccc(N4CCCCC4)c(Cl)c3)sc2n1. The second kappa shape index (κ2) is 8.59. The molecule has 0 saturated carbocycles. The number of nitrogens with one attached hydrogen (secondary N) is 1. The second-order valence-electron chi connectivity index (χ2n) is 7.49. The number of nitrogens with two attached hydrogens (primary N) is 1. The van der Waals surface area contributed by atoms with E-state index in [0.29, 0.717) is 23.5 Å². The Labute approximate surface area is 179 Å². The standard InChI is InChI=1S/C22H25ClN4OS/c1-14-5-7-16-19(24)20(29-22(16)26-14)21(28)25-10-9-15-6-8-18(17(23)13-15)27-11-3-2-4-12-27/h5-8,13H,2-4,9-12,24H2,1H3,(H,25,28). The summed E-state index contributed by atoms with van der Waals surface area (Å²) in [6.45, 7) is 4.59. The number of hydrogen-bond acceptors (Lipinski definition) is 5. The van der Waals surface area contributed by atoms with E-state index in [1.807, 2.05) is 25.1 Å². The smallest absolute Gasteiger partial charge is 0.263 e. The van der Waals surface area contributed by atoms with Gasteiger partial charge in [0.2, 0.25) is 0 Å². The highest BCUT2D eigenvalue weighted by Gasteiger charge is 2.17. The van der Waals surface area contributed by atoms with Crippen LogP contribution in [0.4, 0.5) is 11.4 Å². The van der Waals surface area contributed by atoms with E-state index in [0.717, 1.165) is 45.3 Å². The normalized spacial score (nSPS) is 14.3. The molecular weight excluding hydrogens is 404 g/mol. The minimum absolute atomic E-state index is 0.154. The van der Waals surface area contributed by atoms with Crippen molar-refractivity contribution in [3.63, 3.8) is 0 Å². The van der Waals surface area contributed by atoms with Gasteiger partial charge in [-0.05, 0) is 62.4 Å². The molecule has 1 amide bonds. The number of thiophene rings is 1. The number of nitrogen functional groups attached to an aromatic ring is 1. The Hall–Kier alpha value is -2.31. The summed E-state index contributed by atoms with van der Waals surface area (Å²) in [6, 6.07) is 10.0. The van der Waals surface area contributed by atoms with Crippen LogP contribution in [-0.2, 0) is 6.42 Å². The van der Waals surface area contributed by atoms with E-state index in [-0.39, 0.29) is 5.91 Å². The van der Waals surface area contributed by atoms with Gasteiger partial charge in [0, 0.05) is 30.7 Å². The Morgan fingerprint density at radius 1 is 1.24 bits per heavy atom. The lowest BCUT2D eigenvalue weighted by atomic mass is 10.1. The molecule has 4 rings (SSSR count). The van der Waals surface area contributed by atoms with Crippen LogP contribution < -0.4 is 16.0 Å². The average Bonchev–Trinajstić information content (AvgIpc) is 3.04. The zero-order valence-corrected chi connectivity index (χ0v) is 18.1. The van der Waals surface area contributed by atoms with Crippen molar-refractivity contribution < 1.29 is 4.79 Å². The number of aryl methyl sites for hydroxylation is 1. The molecule has 1 fully saturated rings. The highest BCUT2D eigenvalue weighted by molar-refractivity contribution is 7.21. The number of amides is 1. The first kappa shape index (κ1) is 20.0. The molecule has 0 atom stereocenters. The molecule has 29 heavy (non-hydrogen) atoms. The molecule has 5 nitrogen and oxygen atoms in total. The minimum atomic E-state index is -0.154. The molecule has 3 N–H and O–H groups in total. The number of pyridine rings is 1. The van der Waals surface area contributed by atoms with Crippen LogP contribution in [0.5, 0.6) is 0 Å². The number of carbonyl (C=O) groups is 1. The molecule has 1 saturated heterocycles. The number of fused-ring (bicyclic) bond motifs is 1. The van der Waals surface area contributed by atoms with Crippen molar-refractivity contribution in [2.24, 2.45) is 0 Å². The predicted octanol–water partition coefficient (Wildman–Crippen LogP) is 4.80. The molecule has 3 aromatic rings. The number of halogens is 1. The number of anilines is 2. The fraction of sp³-hybridized carbons (Fsp3) is 0.364. The maximum absolute atomic E-state index is 12.6. The van der Waals surface area contributed by atoms with Crippen molar-refractivity contribution in [2.75, 3.05) is 30.3 Å². The van der Waals surface area contributed by atoms with Crippen LogP contribution in [0, 0.1) is 6.92 Å². The maximum Gasteiger partial charge on any atom is 0.263 e. The Morgan fingerprint density at radius 2 is 2.03 bits per heavy atom. The maximum atomic E-state index is 12.6. The summed E-state index contributed by atoms with van der Waals surface area (Å²) >= 11 is 7.87. The highest BCUT2D eigenvalue weighted by atomic mass is 35.5. The first-order valence-electron chi connectivity index (χ1n) is 10.00. The summed E-state index contributed by atoms with van der Waals surface area (Å²) in [5.74, 6) is -0.154. The zero-order valence-electron chi connectivity index (χ0n) is 16.5. The van der Waals surface area contributed by atoms with Crippen molar-refractivity contribution >= 4 is 50.4 Å². The topological polar surface area (TPSA) is 71.2 Å². The van der Waals surface area contributed by atoms with Gasteiger partial charge in [0.1, 0.15) is 9.71 Å². The highest BCUT2D eigenvalue weighted by Crippen LogP contribution is 2.32. The largest absolute Gasteiger partial charge is 0.397 e. The number of hydrogen-bond donors (Lipinski definition) is 2. The Bertz CT molecular complexity index is 1040. The van der Waals surface area contributed by atoms with Gasteiger partial charge < -0.3 is 16.0 Å². The molecule has 0 bridgehead atoms. The first-order valence-corrected chi connectivity index (χ1v) is 11.2. The number of carbonyl (C=O) groups excluding carboxylic acids is 1.